The van der Waals surface area contributed by atoms with E-state index in [0.29, 0.717) is 12.3 Å². The molecule has 1 aromatic carbocycles. The van der Waals surface area contributed by atoms with E-state index in [4.69, 9.17) is 20.3 Å². The van der Waals surface area contributed by atoms with Gasteiger partial charge >= 0.3 is 5.97 Å². The van der Waals surface area contributed by atoms with Crippen LogP contribution < -0.4 is 15.2 Å². The van der Waals surface area contributed by atoms with Crippen molar-refractivity contribution in [1.82, 2.24) is 0 Å². The van der Waals surface area contributed by atoms with Crippen LogP contribution in [0.15, 0.2) is 18.2 Å². The predicted octanol–water partition coefficient (Wildman–Crippen LogP) is 1.12. The van der Waals surface area contributed by atoms with Gasteiger partial charge in [0.2, 0.25) is 0 Å². The molecule has 0 aliphatic heterocycles. The Morgan fingerprint density at radius 1 is 1.56 bits per heavy atom. The summed E-state index contributed by atoms with van der Waals surface area (Å²) in [5.41, 5.74) is 5.49. The summed E-state index contributed by atoms with van der Waals surface area (Å²) in [4.78, 5) is 11.0. The molecule has 0 saturated heterocycles. The molecule has 1 aromatic rings. The third-order valence-corrected chi connectivity index (χ3v) is 2.08. The van der Waals surface area contributed by atoms with Crippen molar-refractivity contribution < 1.29 is 19.4 Å². The maximum Gasteiger partial charge on any atom is 0.339 e. The van der Waals surface area contributed by atoms with E-state index in [0.717, 1.165) is 0 Å². The number of para-hydroxylation sites is 1. The van der Waals surface area contributed by atoms with E-state index in [1.807, 2.05) is 0 Å². The lowest BCUT2D eigenvalue weighted by Crippen LogP contribution is -2.24. The highest BCUT2D eigenvalue weighted by Crippen LogP contribution is 2.31. The smallest absolute Gasteiger partial charge is 0.339 e. The second-order valence-electron chi connectivity index (χ2n) is 3.31. The van der Waals surface area contributed by atoms with Crippen LogP contribution in [0.1, 0.15) is 17.3 Å². The van der Waals surface area contributed by atoms with Crippen molar-refractivity contribution >= 4 is 5.97 Å². The van der Waals surface area contributed by atoms with Gasteiger partial charge < -0.3 is 20.3 Å². The summed E-state index contributed by atoms with van der Waals surface area (Å²) in [6, 6.07) is 4.71. The van der Waals surface area contributed by atoms with Crippen molar-refractivity contribution in [3.05, 3.63) is 23.8 Å². The molecule has 5 nitrogen and oxygen atoms in total. The zero-order valence-electron chi connectivity index (χ0n) is 9.27. The van der Waals surface area contributed by atoms with E-state index in [1.54, 1.807) is 19.1 Å². The average Bonchev–Trinajstić information content (AvgIpc) is 2.28. The normalized spacial score (nSPS) is 11.9. The number of methoxy groups -OCH3 is 1. The van der Waals surface area contributed by atoms with E-state index >= 15 is 0 Å². The fraction of sp³-hybridized carbons (Fsp3) is 0.364. The highest BCUT2D eigenvalue weighted by molar-refractivity contribution is 5.92. The lowest BCUT2D eigenvalue weighted by Gasteiger charge is -2.17. The summed E-state index contributed by atoms with van der Waals surface area (Å²) in [6.45, 7) is 2.06. The van der Waals surface area contributed by atoms with Crippen molar-refractivity contribution in [3.63, 3.8) is 0 Å². The molecule has 0 heterocycles. The van der Waals surface area contributed by atoms with E-state index < -0.39 is 5.97 Å². The van der Waals surface area contributed by atoms with Crippen molar-refractivity contribution in [3.8, 4) is 11.5 Å². The lowest BCUT2D eigenvalue weighted by atomic mass is 10.2. The molecule has 88 valence electrons. The van der Waals surface area contributed by atoms with Gasteiger partial charge in [-0.05, 0) is 19.1 Å². The third kappa shape index (κ3) is 2.64. The van der Waals surface area contributed by atoms with Crippen LogP contribution in [0.4, 0.5) is 0 Å². The molecule has 0 aliphatic carbocycles. The van der Waals surface area contributed by atoms with Gasteiger partial charge in [-0.1, -0.05) is 6.07 Å². The Morgan fingerprint density at radius 3 is 2.75 bits per heavy atom. The predicted molar refractivity (Wildman–Crippen MR) is 59.1 cm³/mol. The number of carbonyl (C=O) groups is 1. The number of carboxylic acids is 1. The second-order valence-corrected chi connectivity index (χ2v) is 3.31. The van der Waals surface area contributed by atoms with Gasteiger partial charge in [-0.2, -0.15) is 0 Å². The Morgan fingerprint density at radius 2 is 2.25 bits per heavy atom. The van der Waals surface area contributed by atoms with Crippen LogP contribution in [0.25, 0.3) is 0 Å². The Kier molecular flexibility index (Phi) is 4.13. The van der Waals surface area contributed by atoms with Crippen LogP contribution in [0.2, 0.25) is 0 Å². The second kappa shape index (κ2) is 5.37. The summed E-state index contributed by atoms with van der Waals surface area (Å²) >= 11 is 0. The zero-order chi connectivity index (χ0) is 12.1. The molecule has 0 spiro atoms. The lowest BCUT2D eigenvalue weighted by molar-refractivity contribution is 0.0689. The number of hydrogen-bond acceptors (Lipinski definition) is 4. The molecule has 0 amide bonds. The van der Waals surface area contributed by atoms with Gasteiger partial charge in [-0.25, -0.2) is 4.79 Å². The third-order valence-electron chi connectivity index (χ3n) is 2.08. The molecular weight excluding hydrogens is 210 g/mol. The van der Waals surface area contributed by atoms with Gasteiger partial charge in [0, 0.05) is 6.54 Å². The Bertz CT molecular complexity index is 378. The summed E-state index contributed by atoms with van der Waals surface area (Å²) in [5.74, 6) is -0.450. The van der Waals surface area contributed by atoms with Crippen LogP contribution in [0.5, 0.6) is 11.5 Å². The number of benzene rings is 1. The van der Waals surface area contributed by atoms with Crippen molar-refractivity contribution in [1.29, 1.82) is 0 Å². The number of carboxylic acid groups (broad SMARTS) is 1. The molecule has 1 atom stereocenters. The van der Waals surface area contributed by atoms with Crippen LogP contribution in [0.3, 0.4) is 0 Å². The van der Waals surface area contributed by atoms with Crippen molar-refractivity contribution in [2.75, 3.05) is 13.7 Å². The summed E-state index contributed by atoms with van der Waals surface area (Å²) < 4.78 is 10.5. The molecule has 0 aliphatic rings. The molecule has 0 radical (unpaired) electrons. The van der Waals surface area contributed by atoms with Gasteiger partial charge in [-0.15, -0.1) is 0 Å². The number of hydrogen-bond donors (Lipinski definition) is 2. The van der Waals surface area contributed by atoms with Gasteiger partial charge in [-0.3, -0.25) is 0 Å². The first-order valence-corrected chi connectivity index (χ1v) is 4.87. The molecule has 3 N–H and O–H groups in total. The standard InChI is InChI=1S/C11H15NO4/c1-7(6-12)16-10-8(11(13)14)4-3-5-9(10)15-2/h3-5,7H,6,12H2,1-2H3,(H,13,14). The molecule has 0 fully saturated rings. The van der Waals surface area contributed by atoms with Crippen molar-refractivity contribution in [2.45, 2.75) is 13.0 Å². The van der Waals surface area contributed by atoms with Gasteiger partial charge in [0.15, 0.2) is 11.5 Å². The van der Waals surface area contributed by atoms with Crippen LogP contribution in [-0.2, 0) is 0 Å². The Balaban J connectivity index is 3.14. The fourth-order valence-corrected chi connectivity index (χ4v) is 1.22. The largest absolute Gasteiger partial charge is 0.493 e. The highest BCUT2D eigenvalue weighted by atomic mass is 16.5. The quantitative estimate of drug-likeness (QED) is 0.784. The monoisotopic (exact) mass is 225 g/mol. The maximum atomic E-state index is 11.0. The van der Waals surface area contributed by atoms with E-state index in [9.17, 15) is 4.79 Å². The molecule has 0 aromatic heterocycles. The first-order chi connectivity index (χ1) is 7.60. The Labute approximate surface area is 93.8 Å². The minimum atomic E-state index is -1.06. The summed E-state index contributed by atoms with van der Waals surface area (Å²) in [5, 5.41) is 9.00. The molecule has 0 bridgehead atoms. The first kappa shape index (κ1) is 12.3. The molecular formula is C11H15NO4. The van der Waals surface area contributed by atoms with Crippen LogP contribution in [0, 0.1) is 0 Å². The number of rotatable bonds is 5. The maximum absolute atomic E-state index is 11.0. The first-order valence-electron chi connectivity index (χ1n) is 4.87. The molecule has 0 saturated carbocycles. The van der Waals surface area contributed by atoms with Crippen LogP contribution in [-0.4, -0.2) is 30.8 Å². The minimum Gasteiger partial charge on any atom is -0.493 e. The van der Waals surface area contributed by atoms with Gasteiger partial charge in [0.1, 0.15) is 11.7 Å². The van der Waals surface area contributed by atoms with E-state index in [1.165, 1.54) is 13.2 Å². The van der Waals surface area contributed by atoms with E-state index in [-0.39, 0.29) is 17.4 Å². The topological polar surface area (TPSA) is 81.8 Å². The number of aromatic carboxylic acids is 1. The SMILES string of the molecule is COc1cccc(C(=O)O)c1OC(C)CN. The van der Waals surface area contributed by atoms with Gasteiger partial charge in [0.05, 0.1) is 7.11 Å². The Hall–Kier alpha value is -1.75. The van der Waals surface area contributed by atoms with Crippen molar-refractivity contribution in [2.24, 2.45) is 5.73 Å². The zero-order valence-corrected chi connectivity index (χ0v) is 9.27. The number of nitrogens with two attached hydrogens (primary N) is 1. The molecule has 16 heavy (non-hydrogen) atoms. The summed E-state index contributed by atoms with van der Waals surface area (Å²) in [7, 11) is 1.46. The minimum absolute atomic E-state index is 0.0691. The molecule has 5 heteroatoms. The highest BCUT2D eigenvalue weighted by Gasteiger charge is 2.17. The molecule has 1 unspecified atom stereocenters. The fourth-order valence-electron chi connectivity index (χ4n) is 1.22. The van der Waals surface area contributed by atoms with Gasteiger partial charge in [0.25, 0.3) is 0 Å². The van der Waals surface area contributed by atoms with Crippen LogP contribution >= 0.6 is 0 Å². The summed E-state index contributed by atoms with van der Waals surface area (Å²) in [6.07, 6.45) is -0.269. The number of ether oxygens (including phenoxy) is 2. The molecule has 1 rings (SSSR count). The average molecular weight is 225 g/mol. The van der Waals surface area contributed by atoms with E-state index in [2.05, 4.69) is 0 Å².